The molecule has 104 valence electrons. The van der Waals surface area contributed by atoms with Gasteiger partial charge >= 0.3 is 0 Å². The molecule has 0 amide bonds. The van der Waals surface area contributed by atoms with Gasteiger partial charge in [-0.2, -0.15) is 0 Å². The van der Waals surface area contributed by atoms with Crippen LogP contribution >= 0.6 is 0 Å². The van der Waals surface area contributed by atoms with Gasteiger partial charge in [-0.3, -0.25) is 0 Å². The number of nitrogens with zero attached hydrogens (tertiary/aromatic N) is 2. The number of rotatable bonds is 3. The van der Waals surface area contributed by atoms with Crippen molar-refractivity contribution in [2.45, 2.75) is 26.3 Å². The first-order valence-corrected chi connectivity index (χ1v) is 7.19. The maximum atomic E-state index is 4.76. The zero-order chi connectivity index (χ0) is 13.9. The molecular formula is C16H20N4. The molecule has 2 heterocycles. The van der Waals surface area contributed by atoms with E-state index >= 15 is 0 Å². The molecule has 3 rings (SSSR count). The van der Waals surface area contributed by atoms with Crippen LogP contribution < -0.4 is 10.6 Å². The Morgan fingerprint density at radius 3 is 2.70 bits per heavy atom. The molecule has 0 aliphatic carbocycles. The first-order chi connectivity index (χ1) is 9.81. The molecule has 1 aliphatic rings. The summed E-state index contributed by atoms with van der Waals surface area (Å²) >= 11 is 0. The molecule has 20 heavy (non-hydrogen) atoms. The third-order valence-corrected chi connectivity index (χ3v) is 3.79. The van der Waals surface area contributed by atoms with Gasteiger partial charge in [-0.15, -0.1) is 0 Å². The summed E-state index contributed by atoms with van der Waals surface area (Å²) in [7, 11) is 1.92. The van der Waals surface area contributed by atoms with Crippen molar-refractivity contribution in [1.29, 1.82) is 0 Å². The number of benzene rings is 1. The van der Waals surface area contributed by atoms with E-state index in [1.54, 1.807) is 0 Å². The molecule has 4 heteroatoms. The van der Waals surface area contributed by atoms with Crippen molar-refractivity contribution in [3.8, 4) is 11.4 Å². The standard InChI is InChI=1S/C16H20N4/c1-3-11-4-6-12(7-5-11)15-19-14-8-9-18-10-13(14)16(17-2)20-15/h4-7,18H,3,8-10H2,1-2H3,(H,17,19,20). The Hall–Kier alpha value is -1.94. The van der Waals surface area contributed by atoms with Crippen LogP contribution in [0, 0.1) is 0 Å². The van der Waals surface area contributed by atoms with Crippen LogP contribution in [-0.4, -0.2) is 23.6 Å². The van der Waals surface area contributed by atoms with Crippen molar-refractivity contribution in [2.24, 2.45) is 0 Å². The van der Waals surface area contributed by atoms with E-state index in [2.05, 4.69) is 46.8 Å². The normalized spacial score (nSPS) is 13.9. The average Bonchev–Trinajstić information content (AvgIpc) is 2.54. The third kappa shape index (κ3) is 2.39. The van der Waals surface area contributed by atoms with Crippen LogP contribution in [0.1, 0.15) is 23.7 Å². The van der Waals surface area contributed by atoms with Crippen LogP contribution in [0.25, 0.3) is 11.4 Å². The fourth-order valence-corrected chi connectivity index (χ4v) is 2.57. The van der Waals surface area contributed by atoms with Gasteiger partial charge in [-0.05, 0) is 12.0 Å². The number of hydrogen-bond donors (Lipinski definition) is 2. The van der Waals surface area contributed by atoms with Gasteiger partial charge in [0, 0.05) is 37.7 Å². The van der Waals surface area contributed by atoms with E-state index in [1.807, 2.05) is 7.05 Å². The van der Waals surface area contributed by atoms with Crippen molar-refractivity contribution < 1.29 is 0 Å². The first-order valence-electron chi connectivity index (χ1n) is 7.19. The van der Waals surface area contributed by atoms with Gasteiger partial charge in [0.1, 0.15) is 5.82 Å². The summed E-state index contributed by atoms with van der Waals surface area (Å²) < 4.78 is 0. The van der Waals surface area contributed by atoms with Crippen LogP contribution in [-0.2, 0) is 19.4 Å². The maximum Gasteiger partial charge on any atom is 0.161 e. The minimum absolute atomic E-state index is 0.817. The molecule has 0 bridgehead atoms. The first kappa shape index (κ1) is 13.1. The SMILES string of the molecule is CCc1ccc(-c2nc3c(c(NC)n2)CNCC3)cc1. The molecule has 4 nitrogen and oxygen atoms in total. The fourth-order valence-electron chi connectivity index (χ4n) is 2.57. The molecule has 0 spiro atoms. The van der Waals surface area contributed by atoms with Crippen molar-refractivity contribution >= 4 is 5.82 Å². The van der Waals surface area contributed by atoms with E-state index in [9.17, 15) is 0 Å². The van der Waals surface area contributed by atoms with E-state index in [-0.39, 0.29) is 0 Å². The second-order valence-electron chi connectivity index (χ2n) is 5.05. The highest BCUT2D eigenvalue weighted by atomic mass is 15.0. The largest absolute Gasteiger partial charge is 0.373 e. The Balaban J connectivity index is 2.04. The summed E-state index contributed by atoms with van der Waals surface area (Å²) in [5, 5.41) is 6.57. The van der Waals surface area contributed by atoms with E-state index in [1.165, 1.54) is 11.1 Å². The predicted octanol–water partition coefficient (Wildman–Crippen LogP) is 2.39. The summed E-state index contributed by atoms with van der Waals surface area (Å²) in [5.74, 6) is 1.76. The topological polar surface area (TPSA) is 49.8 Å². The number of nitrogens with one attached hydrogen (secondary N) is 2. The smallest absolute Gasteiger partial charge is 0.161 e. The molecule has 0 radical (unpaired) electrons. The molecular weight excluding hydrogens is 248 g/mol. The van der Waals surface area contributed by atoms with Gasteiger partial charge in [0.15, 0.2) is 5.82 Å². The van der Waals surface area contributed by atoms with Gasteiger partial charge in [-0.25, -0.2) is 9.97 Å². The van der Waals surface area contributed by atoms with Crippen LogP contribution in [0.5, 0.6) is 0 Å². The van der Waals surface area contributed by atoms with E-state index in [0.29, 0.717) is 0 Å². The molecule has 1 aromatic heterocycles. The molecule has 0 saturated heterocycles. The molecule has 0 fully saturated rings. The second-order valence-corrected chi connectivity index (χ2v) is 5.05. The van der Waals surface area contributed by atoms with E-state index in [4.69, 9.17) is 4.98 Å². The van der Waals surface area contributed by atoms with Crippen LogP contribution in [0.3, 0.4) is 0 Å². The fraction of sp³-hybridized carbons (Fsp3) is 0.375. The Morgan fingerprint density at radius 2 is 2.00 bits per heavy atom. The number of anilines is 1. The summed E-state index contributed by atoms with van der Waals surface area (Å²) in [6.45, 7) is 4.00. The van der Waals surface area contributed by atoms with E-state index < -0.39 is 0 Å². The lowest BCUT2D eigenvalue weighted by Gasteiger charge is -2.19. The molecule has 0 atom stereocenters. The minimum atomic E-state index is 0.817. The Labute approximate surface area is 119 Å². The highest BCUT2D eigenvalue weighted by molar-refractivity contribution is 5.60. The molecule has 1 aliphatic heterocycles. The van der Waals surface area contributed by atoms with Crippen molar-refractivity contribution in [1.82, 2.24) is 15.3 Å². The van der Waals surface area contributed by atoms with Gasteiger partial charge in [0.05, 0.1) is 5.69 Å². The molecule has 2 aromatic rings. The lowest BCUT2D eigenvalue weighted by atomic mass is 10.1. The van der Waals surface area contributed by atoms with E-state index in [0.717, 1.165) is 48.8 Å². The van der Waals surface area contributed by atoms with Gasteiger partial charge in [-0.1, -0.05) is 31.2 Å². The number of fused-ring (bicyclic) bond motifs is 1. The van der Waals surface area contributed by atoms with Crippen molar-refractivity contribution in [3.05, 3.63) is 41.1 Å². The quantitative estimate of drug-likeness (QED) is 0.897. The molecule has 0 saturated carbocycles. The monoisotopic (exact) mass is 268 g/mol. The predicted molar refractivity (Wildman–Crippen MR) is 81.8 cm³/mol. The summed E-state index contributed by atoms with van der Waals surface area (Å²) in [6.07, 6.45) is 2.02. The van der Waals surface area contributed by atoms with Gasteiger partial charge < -0.3 is 10.6 Å². The highest BCUT2D eigenvalue weighted by Gasteiger charge is 2.17. The maximum absolute atomic E-state index is 4.76. The van der Waals surface area contributed by atoms with Crippen molar-refractivity contribution in [3.63, 3.8) is 0 Å². The average molecular weight is 268 g/mol. The Bertz CT molecular complexity index is 587. The number of aromatic nitrogens is 2. The Kier molecular flexibility index (Phi) is 3.65. The molecule has 2 N–H and O–H groups in total. The second kappa shape index (κ2) is 5.59. The lowest BCUT2D eigenvalue weighted by molar-refractivity contribution is 0.628. The molecule has 1 aromatic carbocycles. The highest BCUT2D eigenvalue weighted by Crippen LogP contribution is 2.24. The third-order valence-electron chi connectivity index (χ3n) is 3.79. The van der Waals surface area contributed by atoms with Gasteiger partial charge in [0.25, 0.3) is 0 Å². The lowest BCUT2D eigenvalue weighted by Crippen LogP contribution is -2.26. The summed E-state index contributed by atoms with van der Waals surface area (Å²) in [5.41, 5.74) is 4.79. The number of aryl methyl sites for hydroxylation is 1. The Morgan fingerprint density at radius 1 is 1.20 bits per heavy atom. The minimum Gasteiger partial charge on any atom is -0.373 e. The number of hydrogen-bond acceptors (Lipinski definition) is 4. The van der Waals surface area contributed by atoms with Crippen LogP contribution in [0.4, 0.5) is 5.82 Å². The summed E-state index contributed by atoms with van der Waals surface area (Å²) in [6, 6.07) is 8.53. The van der Waals surface area contributed by atoms with Gasteiger partial charge in [0.2, 0.25) is 0 Å². The molecule has 0 unspecified atom stereocenters. The zero-order valence-electron chi connectivity index (χ0n) is 12.0. The van der Waals surface area contributed by atoms with Crippen molar-refractivity contribution in [2.75, 3.05) is 18.9 Å². The van der Waals surface area contributed by atoms with Crippen LogP contribution in [0.15, 0.2) is 24.3 Å². The zero-order valence-corrected chi connectivity index (χ0v) is 12.0. The summed E-state index contributed by atoms with van der Waals surface area (Å²) in [4.78, 5) is 9.42. The van der Waals surface area contributed by atoms with Crippen LogP contribution in [0.2, 0.25) is 0 Å².